The van der Waals surface area contributed by atoms with Crippen molar-refractivity contribution >= 4 is 42.4 Å². The molecule has 2 rings (SSSR count). The van der Waals surface area contributed by atoms with Gasteiger partial charge in [-0.2, -0.15) is 0 Å². The fourth-order valence-corrected chi connectivity index (χ4v) is 6.88. The fraction of sp³-hybridized carbons (Fsp3) is 0.706. The summed E-state index contributed by atoms with van der Waals surface area (Å²) in [5.41, 5.74) is 1.60. The summed E-state index contributed by atoms with van der Waals surface area (Å²) in [7, 11) is 0. The van der Waals surface area contributed by atoms with Crippen LogP contribution in [0.4, 0.5) is 0 Å². The molecule has 2 atom stereocenters. The third kappa shape index (κ3) is 22.8. The number of amides is 4. The van der Waals surface area contributed by atoms with E-state index in [9.17, 15) is 23.7 Å². The second-order valence-corrected chi connectivity index (χ2v) is 17.0. The van der Waals surface area contributed by atoms with Crippen LogP contribution in [-0.2, 0) is 70.0 Å². The van der Waals surface area contributed by atoms with E-state index in [2.05, 4.69) is 48.0 Å². The molecule has 20 nitrogen and oxygen atoms in total. The Kier molecular flexibility index (Phi) is 26.0. The van der Waals surface area contributed by atoms with Crippen LogP contribution in [-0.4, -0.2) is 140 Å². The van der Waals surface area contributed by atoms with Crippen molar-refractivity contribution < 1.29 is 57.0 Å². The molecule has 1 aromatic carbocycles. The van der Waals surface area contributed by atoms with E-state index in [4.69, 9.17) is 36.4 Å². The third-order valence-electron chi connectivity index (χ3n) is 8.46. The van der Waals surface area contributed by atoms with Gasteiger partial charge in [-0.3, -0.25) is 28.6 Å². The maximum Gasteiger partial charge on any atom is 0.252 e. The molecular formula is C34H61N8O12PS. The number of nitrogens with zero attached hydrogens (tertiary/aromatic N) is 1. The largest absolute Gasteiger partial charge is 0.377 e. The summed E-state index contributed by atoms with van der Waals surface area (Å²) in [5.74, 6) is 13.5. The summed E-state index contributed by atoms with van der Waals surface area (Å²) in [5, 5.41) is 11.3. The molecule has 320 valence electrons. The quantitative estimate of drug-likeness (QED) is 0.0191. The minimum absolute atomic E-state index is 0.0613. The first-order chi connectivity index (χ1) is 26.9. The van der Waals surface area contributed by atoms with Crippen molar-refractivity contribution in [1.82, 2.24) is 26.2 Å². The minimum Gasteiger partial charge on any atom is -0.377 e. The third-order valence-corrected chi connectivity index (χ3v) is 9.44. The van der Waals surface area contributed by atoms with Gasteiger partial charge in [0.2, 0.25) is 23.6 Å². The number of hydrogen-bond donors (Lipinski definition) is 8. The van der Waals surface area contributed by atoms with Gasteiger partial charge in [-0.15, -0.1) is 0 Å². The molecule has 22 heteroatoms. The number of thiol groups is 1. The number of nitrogens with one attached hydrogen (secondary N) is 4. The zero-order chi connectivity index (χ0) is 41.0. The van der Waals surface area contributed by atoms with Crippen molar-refractivity contribution in [2.75, 3.05) is 98.9 Å². The van der Waals surface area contributed by atoms with Crippen LogP contribution in [0.2, 0.25) is 0 Å². The van der Waals surface area contributed by atoms with Crippen LogP contribution >= 0.6 is 18.8 Å². The Hall–Kier alpha value is -2.76. The highest BCUT2D eigenvalue weighted by Gasteiger charge is 2.31. The normalized spacial score (nSPS) is 17.2. The lowest BCUT2D eigenvalue weighted by Gasteiger charge is -2.30. The maximum absolute atomic E-state index is 13.8. The van der Waals surface area contributed by atoms with Crippen molar-refractivity contribution in [2.24, 2.45) is 23.6 Å². The van der Waals surface area contributed by atoms with E-state index < -0.39 is 30.3 Å². The molecule has 0 aliphatic heterocycles. The lowest BCUT2D eigenvalue weighted by Crippen LogP contribution is -2.54. The summed E-state index contributed by atoms with van der Waals surface area (Å²) >= 11 is 4.01. The number of benzene rings is 1. The van der Waals surface area contributed by atoms with Gasteiger partial charge in [0.15, 0.2) is 0 Å². The molecule has 1 aromatic rings. The monoisotopic (exact) mass is 836 g/mol. The number of ether oxygens (including phenoxy) is 3. The maximum atomic E-state index is 13.8. The molecule has 1 unspecified atom stereocenters. The molecular weight excluding hydrogens is 775 g/mol. The summed E-state index contributed by atoms with van der Waals surface area (Å²) in [6.45, 7) is 0.703. The highest BCUT2D eigenvalue weighted by molar-refractivity contribution is 8.46. The molecule has 10 N–H and O–H groups in total. The van der Waals surface area contributed by atoms with Gasteiger partial charge in [-0.1, -0.05) is 36.5 Å². The molecule has 0 saturated heterocycles. The lowest BCUT2D eigenvalue weighted by atomic mass is 9.87. The van der Waals surface area contributed by atoms with E-state index in [1.807, 2.05) is 24.3 Å². The Balaban J connectivity index is 2.13. The van der Waals surface area contributed by atoms with E-state index in [0.717, 1.165) is 11.1 Å². The molecule has 56 heavy (non-hydrogen) atoms. The van der Waals surface area contributed by atoms with Crippen molar-refractivity contribution in [3.05, 3.63) is 35.4 Å². The van der Waals surface area contributed by atoms with Gasteiger partial charge in [-0.05, 0) is 43.2 Å². The van der Waals surface area contributed by atoms with Crippen molar-refractivity contribution in [3.8, 4) is 0 Å². The number of carbonyl (C=O) groups is 4. The van der Waals surface area contributed by atoms with Crippen LogP contribution in [0.1, 0.15) is 36.8 Å². The Labute approximate surface area is 333 Å². The molecule has 1 aliphatic rings. The molecule has 1 fully saturated rings. The average molecular weight is 837 g/mol. The smallest absolute Gasteiger partial charge is 0.252 e. The minimum atomic E-state index is -2.89. The average Bonchev–Trinajstić information content (AvgIpc) is 3.16. The van der Waals surface area contributed by atoms with Gasteiger partial charge < -0.3 is 54.5 Å². The molecule has 0 radical (unpaired) electrons. The molecule has 0 spiro atoms. The van der Waals surface area contributed by atoms with Gasteiger partial charge in [-0.25, -0.2) is 17.7 Å². The van der Waals surface area contributed by atoms with Gasteiger partial charge >= 0.3 is 0 Å². The van der Waals surface area contributed by atoms with Crippen molar-refractivity contribution in [1.29, 1.82) is 0 Å². The molecule has 0 bridgehead atoms. The van der Waals surface area contributed by atoms with Crippen LogP contribution in [0.15, 0.2) is 24.3 Å². The fourth-order valence-electron chi connectivity index (χ4n) is 5.72. The second-order valence-electron chi connectivity index (χ2n) is 13.0. The summed E-state index contributed by atoms with van der Waals surface area (Å²) in [4.78, 5) is 67.9. The first-order valence-electron chi connectivity index (χ1n) is 18.5. The number of carbonyl (C=O) groups excluding carboxylic acids is 4. The van der Waals surface area contributed by atoms with Crippen LogP contribution in [0, 0.1) is 5.92 Å². The number of hydrogen-bond acceptors (Lipinski definition) is 16. The number of rotatable bonds is 31. The SMILES string of the molecule is CP(=O)(S)O[C@H]1CC[C@@H](C(=O)NCc2ccc(C[C@@H](C(=O)NCCOCCON)N(CC(=O)NCCOCCON)CC(=O)NCCOCCON)cc2)CC1. The Morgan fingerprint density at radius 3 is 1.64 bits per heavy atom. The zero-order valence-corrected chi connectivity index (χ0v) is 33.9. The van der Waals surface area contributed by atoms with Crippen LogP contribution in [0.25, 0.3) is 0 Å². The molecule has 0 aromatic heterocycles. The van der Waals surface area contributed by atoms with E-state index in [-0.39, 0.29) is 117 Å². The van der Waals surface area contributed by atoms with Crippen LogP contribution in [0.5, 0.6) is 0 Å². The molecule has 1 aliphatic carbocycles. The Bertz CT molecular complexity index is 1290. The zero-order valence-electron chi connectivity index (χ0n) is 32.2. The highest BCUT2D eigenvalue weighted by atomic mass is 32.7. The Morgan fingerprint density at radius 2 is 1.18 bits per heavy atom. The van der Waals surface area contributed by atoms with Gasteiger partial charge in [0.05, 0.1) is 84.7 Å². The highest BCUT2D eigenvalue weighted by Crippen LogP contribution is 2.50. The number of nitrogens with two attached hydrogens (primary N) is 3. The van der Waals surface area contributed by atoms with Crippen molar-refractivity contribution in [2.45, 2.75) is 50.8 Å². The van der Waals surface area contributed by atoms with E-state index in [1.54, 1.807) is 0 Å². The predicted molar refractivity (Wildman–Crippen MR) is 209 cm³/mol. The first-order valence-corrected chi connectivity index (χ1v) is 21.8. The summed E-state index contributed by atoms with van der Waals surface area (Å²) in [6, 6.07) is 6.42. The van der Waals surface area contributed by atoms with Crippen LogP contribution in [0.3, 0.4) is 0 Å². The molecule has 1 saturated carbocycles. The standard InChI is InChI=1S/C34H61N8O12PS/c1-55(47,56)54-29-8-6-28(7-9-29)33(45)41-23-27-4-2-26(3-5-27)22-30(34(46)40-12-15-50-18-21-53-37)42(24-31(43)38-10-13-48-16-19-51-35)25-32(44)39-11-14-49-17-20-52-36/h2-5,28-30H,6-25,35-37H2,1H3,(H,38,43)(H,39,44)(H,40,46)(H,41,45)(H,47,56)/t28-,29+,30-,55?/m0/s1. The topological polar surface area (TPSA) is 279 Å². The van der Waals surface area contributed by atoms with Crippen LogP contribution < -0.4 is 39.0 Å². The second kappa shape index (κ2) is 29.5. The van der Waals surface area contributed by atoms with E-state index >= 15 is 0 Å². The molecule has 0 heterocycles. The lowest BCUT2D eigenvalue weighted by molar-refractivity contribution is -0.132. The Morgan fingerprint density at radius 1 is 0.714 bits per heavy atom. The van der Waals surface area contributed by atoms with Gasteiger partial charge in [0.1, 0.15) is 0 Å². The summed E-state index contributed by atoms with van der Waals surface area (Å²) in [6.07, 6.45) is 2.50. The predicted octanol–water partition coefficient (Wildman–Crippen LogP) is -1.09. The molecule has 4 amide bonds. The van der Waals surface area contributed by atoms with E-state index in [1.165, 1.54) is 11.6 Å². The van der Waals surface area contributed by atoms with Crippen molar-refractivity contribution in [3.63, 3.8) is 0 Å². The first kappa shape index (κ1) is 49.4. The van der Waals surface area contributed by atoms with Gasteiger partial charge in [0, 0.05) is 38.8 Å². The van der Waals surface area contributed by atoms with E-state index in [0.29, 0.717) is 32.2 Å². The van der Waals surface area contributed by atoms with Gasteiger partial charge in [0.25, 0.3) is 6.57 Å². The summed E-state index contributed by atoms with van der Waals surface area (Å²) < 4.78 is 33.5.